The molecule has 1 aromatic carbocycles. The van der Waals surface area contributed by atoms with Crippen molar-refractivity contribution in [3.63, 3.8) is 0 Å². The maximum atomic E-state index is 12.2. The molecule has 1 N–H and O–H groups in total. The van der Waals surface area contributed by atoms with E-state index in [1.54, 1.807) is 24.5 Å². The number of benzene rings is 1. The molecule has 1 saturated carbocycles. The molecule has 4 nitrogen and oxygen atoms in total. The average molecular weight is 344 g/mol. The van der Waals surface area contributed by atoms with Crippen LogP contribution in [0.2, 0.25) is 0 Å². The highest BCUT2D eigenvalue weighted by Gasteiger charge is 2.19. The summed E-state index contributed by atoms with van der Waals surface area (Å²) in [6, 6.07) is 9.37. The van der Waals surface area contributed by atoms with E-state index < -0.39 is 10.0 Å². The van der Waals surface area contributed by atoms with Gasteiger partial charge in [0.1, 0.15) is 0 Å². The normalized spacial score (nSPS) is 16.2. The molecular formula is C19H24N2O2S. The fraction of sp³-hybridized carbons (Fsp3) is 0.421. The van der Waals surface area contributed by atoms with Crippen LogP contribution in [0.5, 0.6) is 0 Å². The molecule has 1 aromatic heterocycles. The Hall–Kier alpha value is -1.72. The fourth-order valence-electron chi connectivity index (χ4n) is 3.52. The lowest BCUT2D eigenvalue weighted by molar-refractivity contribution is 0.357. The van der Waals surface area contributed by atoms with Crippen LogP contribution in [0.1, 0.15) is 37.7 Å². The monoisotopic (exact) mass is 344 g/mol. The van der Waals surface area contributed by atoms with Gasteiger partial charge < -0.3 is 0 Å². The van der Waals surface area contributed by atoms with E-state index in [-0.39, 0.29) is 0 Å². The molecular weight excluding hydrogens is 320 g/mol. The molecule has 0 aliphatic heterocycles. The van der Waals surface area contributed by atoms with Crippen LogP contribution in [0.15, 0.2) is 47.6 Å². The number of hydrogen-bond donors (Lipinski definition) is 1. The summed E-state index contributed by atoms with van der Waals surface area (Å²) in [5, 5.41) is 0. The topological polar surface area (TPSA) is 59.1 Å². The summed E-state index contributed by atoms with van der Waals surface area (Å²) < 4.78 is 26.7. The van der Waals surface area contributed by atoms with Crippen molar-refractivity contribution >= 4 is 10.0 Å². The molecule has 0 unspecified atom stereocenters. The quantitative estimate of drug-likeness (QED) is 0.898. The van der Waals surface area contributed by atoms with E-state index in [1.807, 2.05) is 18.2 Å². The first-order valence-corrected chi connectivity index (χ1v) is 10.1. The second-order valence-electron chi connectivity index (χ2n) is 6.47. The van der Waals surface area contributed by atoms with Crippen molar-refractivity contribution in [3.05, 3.63) is 48.3 Å². The second kappa shape index (κ2) is 7.45. The second-order valence-corrected chi connectivity index (χ2v) is 8.36. The molecule has 1 aliphatic carbocycles. The van der Waals surface area contributed by atoms with Gasteiger partial charge in [-0.15, -0.1) is 0 Å². The molecule has 1 fully saturated rings. The van der Waals surface area contributed by atoms with E-state index in [0.29, 0.717) is 10.8 Å². The number of sulfonamides is 1. The Morgan fingerprint density at radius 2 is 1.79 bits per heavy atom. The van der Waals surface area contributed by atoms with Crippen LogP contribution in [-0.2, 0) is 16.4 Å². The Morgan fingerprint density at radius 3 is 2.46 bits per heavy atom. The lowest BCUT2D eigenvalue weighted by Gasteiger charge is -2.23. The summed E-state index contributed by atoms with van der Waals surface area (Å²) in [4.78, 5) is 4.38. The fourth-order valence-corrected chi connectivity index (χ4v) is 4.28. The first kappa shape index (κ1) is 17.1. The van der Waals surface area contributed by atoms with Gasteiger partial charge in [-0.3, -0.25) is 4.98 Å². The first-order valence-electron chi connectivity index (χ1n) is 8.57. The smallest absolute Gasteiger partial charge is 0.240 e. The van der Waals surface area contributed by atoms with Gasteiger partial charge in [0, 0.05) is 12.4 Å². The van der Waals surface area contributed by atoms with E-state index in [0.717, 1.165) is 17.5 Å². The van der Waals surface area contributed by atoms with Gasteiger partial charge in [-0.2, -0.15) is 0 Å². The number of rotatable bonds is 5. The third-order valence-corrected chi connectivity index (χ3v) is 6.30. The van der Waals surface area contributed by atoms with Crippen molar-refractivity contribution in [2.75, 3.05) is 7.05 Å². The maximum absolute atomic E-state index is 12.2. The van der Waals surface area contributed by atoms with E-state index in [2.05, 4.69) is 9.71 Å². The molecule has 5 heteroatoms. The number of hydrogen-bond acceptors (Lipinski definition) is 3. The van der Waals surface area contributed by atoms with Crippen molar-refractivity contribution in [3.8, 4) is 11.1 Å². The van der Waals surface area contributed by atoms with Gasteiger partial charge in [0.25, 0.3) is 0 Å². The third kappa shape index (κ3) is 3.84. The Bertz CT molecular complexity index is 782. The molecule has 24 heavy (non-hydrogen) atoms. The number of aromatic nitrogens is 1. The Labute approximate surface area is 144 Å². The lowest BCUT2D eigenvalue weighted by atomic mass is 9.83. The minimum atomic E-state index is -3.44. The van der Waals surface area contributed by atoms with E-state index in [4.69, 9.17) is 0 Å². The number of pyridine rings is 1. The first-order chi connectivity index (χ1) is 11.6. The van der Waals surface area contributed by atoms with E-state index in [9.17, 15) is 8.42 Å². The Morgan fingerprint density at radius 1 is 1.08 bits per heavy atom. The van der Waals surface area contributed by atoms with Gasteiger partial charge in [0.15, 0.2) is 0 Å². The predicted octanol–water partition coefficient (Wildman–Crippen LogP) is 3.78. The van der Waals surface area contributed by atoms with E-state index in [1.165, 1.54) is 44.7 Å². The molecule has 0 atom stereocenters. The number of nitrogens with zero attached hydrogens (tertiary/aromatic N) is 1. The van der Waals surface area contributed by atoms with Crippen molar-refractivity contribution < 1.29 is 8.42 Å². The van der Waals surface area contributed by atoms with Crippen LogP contribution in [0, 0.1) is 5.92 Å². The highest BCUT2D eigenvalue weighted by atomic mass is 32.2. The largest absolute Gasteiger partial charge is 0.265 e. The summed E-state index contributed by atoms with van der Waals surface area (Å²) in [5.74, 6) is 0.700. The van der Waals surface area contributed by atoms with Gasteiger partial charge in [0.2, 0.25) is 10.0 Å². The Kier molecular flexibility index (Phi) is 5.31. The minimum Gasteiger partial charge on any atom is -0.265 e. The molecule has 2 aromatic rings. The SMILES string of the molecule is CNS(=O)(=O)c1ccc(CC2CCCCC2)c(-c2ccncc2)c1. The van der Waals surface area contributed by atoms with Crippen molar-refractivity contribution in [1.29, 1.82) is 0 Å². The zero-order valence-electron chi connectivity index (χ0n) is 14.0. The maximum Gasteiger partial charge on any atom is 0.240 e. The van der Waals surface area contributed by atoms with Crippen LogP contribution in [0.3, 0.4) is 0 Å². The summed E-state index contributed by atoms with van der Waals surface area (Å²) in [6.07, 6.45) is 11.0. The van der Waals surface area contributed by atoms with Crippen LogP contribution >= 0.6 is 0 Å². The van der Waals surface area contributed by atoms with Gasteiger partial charge >= 0.3 is 0 Å². The van der Waals surface area contributed by atoms with Gasteiger partial charge in [0.05, 0.1) is 4.90 Å². The van der Waals surface area contributed by atoms with Crippen LogP contribution in [0.4, 0.5) is 0 Å². The number of nitrogens with one attached hydrogen (secondary N) is 1. The molecule has 0 spiro atoms. The average Bonchev–Trinajstić information content (AvgIpc) is 2.63. The molecule has 0 saturated heterocycles. The predicted molar refractivity (Wildman–Crippen MR) is 96.2 cm³/mol. The molecule has 3 rings (SSSR count). The Balaban J connectivity index is 2.01. The summed E-state index contributed by atoms with van der Waals surface area (Å²) in [7, 11) is -2.00. The highest BCUT2D eigenvalue weighted by molar-refractivity contribution is 7.89. The van der Waals surface area contributed by atoms with Crippen LogP contribution in [0.25, 0.3) is 11.1 Å². The molecule has 128 valence electrons. The summed E-state index contributed by atoms with van der Waals surface area (Å²) >= 11 is 0. The highest BCUT2D eigenvalue weighted by Crippen LogP contribution is 2.32. The summed E-state index contributed by atoms with van der Waals surface area (Å²) in [5.41, 5.74) is 3.24. The van der Waals surface area contributed by atoms with Gasteiger partial charge in [-0.05, 0) is 60.3 Å². The standard InChI is InChI=1S/C19H24N2O2S/c1-20-24(22,23)18-8-7-17(13-15-5-3-2-4-6-15)19(14-18)16-9-11-21-12-10-16/h7-12,14-15,20H,2-6,13H2,1H3. The zero-order chi connectivity index (χ0) is 17.0. The molecule has 1 heterocycles. The zero-order valence-corrected chi connectivity index (χ0v) is 14.8. The lowest BCUT2D eigenvalue weighted by Crippen LogP contribution is -2.19. The van der Waals surface area contributed by atoms with Gasteiger partial charge in [-0.1, -0.05) is 38.2 Å². The van der Waals surface area contributed by atoms with Crippen molar-refractivity contribution in [2.45, 2.75) is 43.4 Å². The van der Waals surface area contributed by atoms with Gasteiger partial charge in [-0.25, -0.2) is 13.1 Å². The third-order valence-electron chi connectivity index (χ3n) is 4.89. The molecule has 1 aliphatic rings. The van der Waals surface area contributed by atoms with Crippen molar-refractivity contribution in [1.82, 2.24) is 9.71 Å². The van der Waals surface area contributed by atoms with E-state index >= 15 is 0 Å². The van der Waals surface area contributed by atoms with Crippen LogP contribution < -0.4 is 4.72 Å². The van der Waals surface area contributed by atoms with Crippen molar-refractivity contribution in [2.24, 2.45) is 5.92 Å². The summed E-state index contributed by atoms with van der Waals surface area (Å²) in [6.45, 7) is 0. The minimum absolute atomic E-state index is 0.309. The van der Waals surface area contributed by atoms with Crippen LogP contribution in [-0.4, -0.2) is 20.4 Å². The molecule has 0 amide bonds. The molecule has 0 bridgehead atoms. The molecule has 0 radical (unpaired) electrons.